The Balaban J connectivity index is 1.60. The van der Waals surface area contributed by atoms with Crippen LogP contribution in [0.2, 0.25) is 0 Å². The molecule has 2 N–H and O–H groups in total. The van der Waals surface area contributed by atoms with Gasteiger partial charge in [0.2, 0.25) is 0 Å². The van der Waals surface area contributed by atoms with Gasteiger partial charge in [0.25, 0.3) is 0 Å². The van der Waals surface area contributed by atoms with E-state index in [1.54, 1.807) is 16.7 Å². The third-order valence-corrected chi connectivity index (χ3v) is 5.74. The number of fused-ring (bicyclic) bond motifs is 1. The van der Waals surface area contributed by atoms with Gasteiger partial charge in [0.05, 0.1) is 35.9 Å². The molecule has 0 amide bonds. The molecule has 3 aromatic heterocycles. The van der Waals surface area contributed by atoms with Crippen LogP contribution in [0.5, 0.6) is 0 Å². The molecule has 4 aromatic rings. The second-order valence-electron chi connectivity index (χ2n) is 8.20. The molecule has 34 heavy (non-hydrogen) atoms. The average Bonchev–Trinajstić information content (AvgIpc) is 3.40. The Hall–Kier alpha value is -3.31. The molecule has 6 nitrogen and oxygen atoms in total. The van der Waals surface area contributed by atoms with Crippen LogP contribution in [0.4, 0.5) is 22.0 Å². The molecule has 0 spiro atoms. The molecule has 1 aromatic carbocycles. The van der Waals surface area contributed by atoms with Gasteiger partial charge in [-0.15, -0.1) is 0 Å². The van der Waals surface area contributed by atoms with Crippen molar-refractivity contribution >= 4 is 5.65 Å². The van der Waals surface area contributed by atoms with Crippen LogP contribution in [0.15, 0.2) is 36.7 Å². The minimum atomic E-state index is -4.65. The van der Waals surface area contributed by atoms with E-state index in [1.165, 1.54) is 0 Å². The first-order valence-electron chi connectivity index (χ1n) is 10.6. The van der Waals surface area contributed by atoms with E-state index in [1.807, 2.05) is 13.0 Å². The number of benzene rings is 1. The van der Waals surface area contributed by atoms with E-state index in [2.05, 4.69) is 20.3 Å². The van der Waals surface area contributed by atoms with E-state index < -0.39 is 23.5 Å². The zero-order chi connectivity index (χ0) is 24.0. The number of H-pyrrole nitrogens is 1. The highest BCUT2D eigenvalue weighted by atomic mass is 19.4. The van der Waals surface area contributed by atoms with Crippen LogP contribution in [0.3, 0.4) is 0 Å². The normalized spacial score (nSPS) is 16.9. The van der Waals surface area contributed by atoms with Crippen molar-refractivity contribution < 1.29 is 26.7 Å². The molecule has 4 heterocycles. The number of alkyl halides is 3. The maximum atomic E-state index is 15.3. The van der Waals surface area contributed by atoms with Gasteiger partial charge >= 0.3 is 6.18 Å². The Morgan fingerprint density at radius 1 is 1.18 bits per heavy atom. The first-order chi connectivity index (χ1) is 16.2. The summed E-state index contributed by atoms with van der Waals surface area (Å²) in [4.78, 5) is 10.2. The van der Waals surface area contributed by atoms with Crippen LogP contribution >= 0.6 is 0 Å². The van der Waals surface area contributed by atoms with E-state index in [9.17, 15) is 13.2 Å². The number of hydrogen-bond donors (Lipinski definition) is 2. The lowest BCUT2D eigenvalue weighted by molar-refractivity contribution is -0.140. The van der Waals surface area contributed by atoms with Gasteiger partial charge in [-0.3, -0.25) is 0 Å². The summed E-state index contributed by atoms with van der Waals surface area (Å²) in [6.07, 6.45) is -2.12. The quantitative estimate of drug-likeness (QED) is 0.424. The van der Waals surface area contributed by atoms with Gasteiger partial charge in [-0.25, -0.2) is 18.7 Å². The number of pyridine rings is 1. The van der Waals surface area contributed by atoms with Gasteiger partial charge in [0, 0.05) is 31.3 Å². The molecule has 0 aliphatic carbocycles. The Bertz CT molecular complexity index is 1330. The molecule has 0 radical (unpaired) electrons. The van der Waals surface area contributed by atoms with E-state index in [-0.39, 0.29) is 28.7 Å². The second-order valence-corrected chi connectivity index (χ2v) is 8.20. The Morgan fingerprint density at radius 3 is 2.59 bits per heavy atom. The summed E-state index contributed by atoms with van der Waals surface area (Å²) in [5.41, 5.74) is 0.551. The largest absolute Gasteiger partial charge is 0.432 e. The average molecular weight is 477 g/mol. The van der Waals surface area contributed by atoms with Gasteiger partial charge in [0.15, 0.2) is 0 Å². The van der Waals surface area contributed by atoms with E-state index in [0.717, 1.165) is 24.2 Å². The lowest BCUT2D eigenvalue weighted by Gasteiger charge is -2.24. The Labute approximate surface area is 190 Å². The van der Waals surface area contributed by atoms with Gasteiger partial charge in [0.1, 0.15) is 28.8 Å². The van der Waals surface area contributed by atoms with Crippen LogP contribution in [0.1, 0.15) is 17.0 Å². The van der Waals surface area contributed by atoms with E-state index >= 15 is 8.78 Å². The van der Waals surface area contributed by atoms with Crippen molar-refractivity contribution in [2.45, 2.75) is 25.6 Å². The predicted molar refractivity (Wildman–Crippen MR) is 114 cm³/mol. The van der Waals surface area contributed by atoms with Crippen molar-refractivity contribution in [2.75, 3.05) is 19.7 Å². The number of aryl methyl sites for hydroxylation is 1. The molecule has 1 atom stereocenters. The zero-order valence-electron chi connectivity index (χ0n) is 18.0. The van der Waals surface area contributed by atoms with Crippen LogP contribution in [-0.2, 0) is 17.3 Å². The van der Waals surface area contributed by atoms with E-state index in [4.69, 9.17) is 4.74 Å². The van der Waals surface area contributed by atoms with Gasteiger partial charge in [-0.2, -0.15) is 13.2 Å². The zero-order valence-corrected chi connectivity index (χ0v) is 18.0. The third kappa shape index (κ3) is 4.16. The number of halogens is 5. The summed E-state index contributed by atoms with van der Waals surface area (Å²) in [7, 11) is 0. The number of nitrogens with one attached hydrogen (secondary N) is 2. The van der Waals surface area contributed by atoms with Crippen molar-refractivity contribution in [3.05, 3.63) is 65.2 Å². The molecule has 0 bridgehead atoms. The fraction of sp³-hybridized carbons (Fsp3) is 0.304. The van der Waals surface area contributed by atoms with Gasteiger partial charge < -0.3 is 19.4 Å². The number of aromatic amines is 1. The summed E-state index contributed by atoms with van der Waals surface area (Å²) in [6.45, 7) is 3.72. The first-order valence-corrected chi connectivity index (χ1v) is 10.6. The summed E-state index contributed by atoms with van der Waals surface area (Å²) in [5.74, 6) is -2.20. The molecule has 1 fully saturated rings. The summed E-state index contributed by atoms with van der Waals surface area (Å²) in [6, 6.07) is 5.58. The first kappa shape index (κ1) is 22.5. The minimum absolute atomic E-state index is 0.122. The standard InChI is InChI=1S/C23H20F5N5O/c1-12-2-4-33-17(9-14-10-29-3-5-34-14)21(32-19(33)6-12)20-15(24)7-13(8-16(20)25)22-30-11-18(31-22)23(26,27)28/h2,4,6-8,11,14,29H,3,5,9-10H2,1H3,(H,30,31). The highest BCUT2D eigenvalue weighted by Crippen LogP contribution is 2.35. The van der Waals surface area contributed by atoms with Crippen molar-refractivity contribution in [1.82, 2.24) is 24.7 Å². The fourth-order valence-electron chi connectivity index (χ4n) is 4.11. The number of hydrogen-bond acceptors (Lipinski definition) is 4. The van der Waals surface area contributed by atoms with Crippen molar-refractivity contribution in [3.8, 4) is 22.6 Å². The number of morpholine rings is 1. The molecule has 11 heteroatoms. The Kier molecular flexibility index (Phi) is 5.61. The number of aromatic nitrogens is 4. The van der Waals surface area contributed by atoms with Crippen molar-refractivity contribution in [1.29, 1.82) is 0 Å². The van der Waals surface area contributed by atoms with Crippen molar-refractivity contribution in [3.63, 3.8) is 0 Å². The van der Waals surface area contributed by atoms with E-state index in [0.29, 0.717) is 37.1 Å². The highest BCUT2D eigenvalue weighted by molar-refractivity contribution is 5.71. The molecule has 1 saturated heterocycles. The second kappa shape index (κ2) is 8.48. The lowest BCUT2D eigenvalue weighted by atomic mass is 10.0. The molecular formula is C23H20F5N5O. The minimum Gasteiger partial charge on any atom is -0.375 e. The predicted octanol–water partition coefficient (Wildman–Crippen LogP) is 4.53. The molecule has 1 aliphatic heterocycles. The lowest BCUT2D eigenvalue weighted by Crippen LogP contribution is -2.39. The van der Waals surface area contributed by atoms with Crippen LogP contribution in [-0.4, -0.2) is 45.2 Å². The number of rotatable bonds is 4. The molecule has 178 valence electrons. The topological polar surface area (TPSA) is 67.2 Å². The summed E-state index contributed by atoms with van der Waals surface area (Å²) >= 11 is 0. The molecular weight excluding hydrogens is 457 g/mol. The summed E-state index contributed by atoms with van der Waals surface area (Å²) < 4.78 is 76.8. The van der Waals surface area contributed by atoms with Crippen molar-refractivity contribution in [2.24, 2.45) is 0 Å². The van der Waals surface area contributed by atoms with Crippen LogP contribution < -0.4 is 5.32 Å². The number of nitrogens with zero attached hydrogens (tertiary/aromatic N) is 3. The number of imidazole rings is 2. The maximum Gasteiger partial charge on any atom is 0.432 e. The smallest absolute Gasteiger partial charge is 0.375 e. The fourth-order valence-corrected chi connectivity index (χ4v) is 4.11. The number of ether oxygens (including phenoxy) is 1. The molecule has 0 saturated carbocycles. The van der Waals surface area contributed by atoms with Gasteiger partial charge in [-0.1, -0.05) is 0 Å². The molecule has 1 aliphatic rings. The SMILES string of the molecule is Cc1ccn2c(CC3CNCCO3)c(-c3c(F)cc(-c4ncc(C(F)(F)F)[nH]4)cc3F)nc2c1. The molecule has 5 rings (SSSR count). The highest BCUT2D eigenvalue weighted by Gasteiger charge is 2.33. The molecule has 1 unspecified atom stereocenters. The summed E-state index contributed by atoms with van der Waals surface area (Å²) in [5, 5.41) is 3.23. The van der Waals surface area contributed by atoms with Gasteiger partial charge in [-0.05, 0) is 36.8 Å². The van der Waals surface area contributed by atoms with Crippen LogP contribution in [0.25, 0.3) is 28.3 Å². The van der Waals surface area contributed by atoms with Crippen LogP contribution in [0, 0.1) is 18.6 Å². The third-order valence-electron chi connectivity index (χ3n) is 5.74. The maximum absolute atomic E-state index is 15.3. The monoisotopic (exact) mass is 477 g/mol. The Morgan fingerprint density at radius 2 is 1.94 bits per heavy atom.